The van der Waals surface area contributed by atoms with Crippen LogP contribution in [-0.4, -0.2) is 27.8 Å². The Labute approximate surface area is 194 Å². The van der Waals surface area contributed by atoms with E-state index in [0.29, 0.717) is 17.3 Å². The molecule has 0 unspecified atom stereocenters. The number of nitrogens with zero attached hydrogens (tertiary/aromatic N) is 2. The van der Waals surface area contributed by atoms with Crippen LogP contribution in [0.25, 0.3) is 16.6 Å². The highest BCUT2D eigenvalue weighted by Crippen LogP contribution is 2.24. The molecule has 4 aromatic rings. The Kier molecular flexibility index (Phi) is 6.82. The predicted molar refractivity (Wildman–Crippen MR) is 120 cm³/mol. The molecule has 1 heterocycles. The number of nitrogens with one attached hydrogen (secondary N) is 1. The number of thioether (sulfide) groups is 1. The molecule has 1 amide bonds. The van der Waals surface area contributed by atoms with Gasteiger partial charge in [-0.25, -0.2) is 13.8 Å². The van der Waals surface area contributed by atoms with Gasteiger partial charge in [0.25, 0.3) is 5.56 Å². The normalized spacial score (nSPS) is 11.1. The summed E-state index contributed by atoms with van der Waals surface area (Å²) in [4.78, 5) is 29.9. The summed E-state index contributed by atoms with van der Waals surface area (Å²) in [7, 11) is 0. The third-order valence-corrected chi connectivity index (χ3v) is 5.53. The number of benzene rings is 3. The molecule has 0 aliphatic carbocycles. The van der Waals surface area contributed by atoms with Crippen molar-refractivity contribution in [2.75, 3.05) is 11.1 Å². The molecule has 11 heteroatoms. The summed E-state index contributed by atoms with van der Waals surface area (Å²) >= 11 is 0.878. The molecule has 0 spiro atoms. The molecular formula is C23H15F4N3O3S. The van der Waals surface area contributed by atoms with Gasteiger partial charge in [-0.3, -0.25) is 14.2 Å². The van der Waals surface area contributed by atoms with Crippen LogP contribution in [0.5, 0.6) is 5.75 Å². The van der Waals surface area contributed by atoms with Gasteiger partial charge in [0, 0.05) is 11.8 Å². The van der Waals surface area contributed by atoms with Crippen LogP contribution in [0.15, 0.2) is 76.7 Å². The average Bonchev–Trinajstić information content (AvgIpc) is 2.80. The molecule has 6 nitrogen and oxygen atoms in total. The van der Waals surface area contributed by atoms with E-state index in [2.05, 4.69) is 15.0 Å². The summed E-state index contributed by atoms with van der Waals surface area (Å²) < 4.78 is 57.7. The van der Waals surface area contributed by atoms with Crippen LogP contribution in [0, 0.1) is 11.6 Å². The van der Waals surface area contributed by atoms with Crippen LogP contribution in [-0.2, 0) is 4.79 Å². The molecule has 0 atom stereocenters. The second kappa shape index (κ2) is 9.96. The highest BCUT2D eigenvalue weighted by molar-refractivity contribution is 7.99. The Balaban J connectivity index is 1.60. The first-order valence-corrected chi connectivity index (χ1v) is 10.7. The number of para-hydroxylation sites is 1. The van der Waals surface area contributed by atoms with Crippen LogP contribution in [0.3, 0.4) is 0 Å². The lowest BCUT2D eigenvalue weighted by atomic mass is 10.2. The van der Waals surface area contributed by atoms with Crippen LogP contribution in [0.1, 0.15) is 0 Å². The highest BCUT2D eigenvalue weighted by Gasteiger charge is 2.18. The molecule has 0 fully saturated rings. The van der Waals surface area contributed by atoms with Gasteiger partial charge in [0.15, 0.2) is 5.16 Å². The number of halogens is 4. The Hall–Kier alpha value is -3.86. The molecule has 34 heavy (non-hydrogen) atoms. The Bertz CT molecular complexity index is 1410. The number of carbonyl (C=O) groups excluding carboxylic acids is 1. The van der Waals surface area contributed by atoms with E-state index < -0.39 is 29.7 Å². The summed E-state index contributed by atoms with van der Waals surface area (Å²) in [5, 5.41) is 2.84. The standard InChI is InChI=1S/C23H15F4N3O3S/c24-13-5-10-19(17(25)11-13)30-21(32)16-3-1-2-4-18(16)29-23(30)34-12-20(31)28-14-6-8-15(9-7-14)33-22(26)27/h1-11,22H,12H2,(H,28,31). The largest absolute Gasteiger partial charge is 0.435 e. The first-order chi connectivity index (χ1) is 16.3. The molecule has 0 saturated heterocycles. The minimum absolute atomic E-state index is 0.0324. The summed E-state index contributed by atoms with van der Waals surface area (Å²) in [6.45, 7) is -2.96. The lowest BCUT2D eigenvalue weighted by Gasteiger charge is -2.14. The van der Waals surface area contributed by atoms with Gasteiger partial charge in [0.05, 0.1) is 22.3 Å². The van der Waals surface area contributed by atoms with E-state index >= 15 is 0 Å². The van der Waals surface area contributed by atoms with Crippen LogP contribution < -0.4 is 15.6 Å². The Morgan fingerprint density at radius 1 is 1.06 bits per heavy atom. The van der Waals surface area contributed by atoms with E-state index in [4.69, 9.17) is 0 Å². The molecule has 0 aliphatic rings. The number of alkyl halides is 2. The average molecular weight is 489 g/mol. The van der Waals surface area contributed by atoms with Crippen LogP contribution in [0.4, 0.5) is 23.2 Å². The smallest absolute Gasteiger partial charge is 0.387 e. The molecule has 1 N–H and O–H groups in total. The topological polar surface area (TPSA) is 73.2 Å². The molecule has 174 valence electrons. The van der Waals surface area contributed by atoms with Gasteiger partial charge in [-0.1, -0.05) is 23.9 Å². The predicted octanol–water partition coefficient (Wildman–Crippen LogP) is 5.00. The highest BCUT2D eigenvalue weighted by atomic mass is 32.2. The van der Waals surface area contributed by atoms with Crippen molar-refractivity contribution in [3.63, 3.8) is 0 Å². The van der Waals surface area contributed by atoms with Gasteiger partial charge in [-0.15, -0.1) is 0 Å². The monoisotopic (exact) mass is 489 g/mol. The van der Waals surface area contributed by atoms with Gasteiger partial charge in [-0.05, 0) is 48.5 Å². The molecule has 4 rings (SSSR count). The lowest BCUT2D eigenvalue weighted by molar-refractivity contribution is -0.113. The molecular weight excluding hydrogens is 474 g/mol. The number of ether oxygens (including phenoxy) is 1. The Morgan fingerprint density at radius 2 is 1.79 bits per heavy atom. The van der Waals surface area contributed by atoms with Crippen molar-refractivity contribution in [1.29, 1.82) is 0 Å². The molecule has 0 saturated carbocycles. The lowest BCUT2D eigenvalue weighted by Crippen LogP contribution is -2.23. The third-order valence-electron chi connectivity index (χ3n) is 4.59. The van der Waals surface area contributed by atoms with Gasteiger partial charge in [-0.2, -0.15) is 8.78 Å². The number of anilines is 1. The zero-order valence-electron chi connectivity index (χ0n) is 17.2. The zero-order valence-corrected chi connectivity index (χ0v) is 18.0. The fourth-order valence-electron chi connectivity index (χ4n) is 3.13. The first kappa shape index (κ1) is 23.3. The summed E-state index contributed by atoms with van der Waals surface area (Å²) in [6.07, 6.45) is 0. The number of fused-ring (bicyclic) bond motifs is 1. The first-order valence-electron chi connectivity index (χ1n) is 9.76. The molecule has 1 aromatic heterocycles. The number of amides is 1. The molecule has 0 radical (unpaired) electrons. The van der Waals surface area contributed by atoms with Crippen molar-refractivity contribution in [2.24, 2.45) is 0 Å². The number of hydrogen-bond donors (Lipinski definition) is 1. The number of rotatable bonds is 7. The summed E-state index contributed by atoms with van der Waals surface area (Å²) in [6, 6.07) is 14.6. The second-order valence-corrected chi connectivity index (χ2v) is 7.83. The van der Waals surface area contributed by atoms with E-state index in [1.807, 2.05) is 0 Å². The fourth-order valence-corrected chi connectivity index (χ4v) is 3.94. The van der Waals surface area contributed by atoms with Gasteiger partial charge >= 0.3 is 6.61 Å². The summed E-state index contributed by atoms with van der Waals surface area (Å²) in [5.41, 5.74) is -0.0970. The van der Waals surface area contributed by atoms with Crippen LogP contribution in [0.2, 0.25) is 0 Å². The number of hydrogen-bond acceptors (Lipinski definition) is 5. The maximum absolute atomic E-state index is 14.5. The van der Waals surface area contributed by atoms with E-state index in [9.17, 15) is 27.2 Å². The van der Waals surface area contributed by atoms with Crippen molar-refractivity contribution in [2.45, 2.75) is 11.8 Å². The second-order valence-electron chi connectivity index (χ2n) is 6.89. The quantitative estimate of drug-likeness (QED) is 0.225. The van der Waals surface area contributed by atoms with Gasteiger partial charge < -0.3 is 10.1 Å². The summed E-state index contributed by atoms with van der Waals surface area (Å²) in [5.74, 6) is -2.52. The maximum Gasteiger partial charge on any atom is 0.387 e. The van der Waals surface area contributed by atoms with E-state index in [0.717, 1.165) is 28.5 Å². The van der Waals surface area contributed by atoms with Crippen molar-refractivity contribution < 1.29 is 27.1 Å². The number of carbonyl (C=O) groups is 1. The van der Waals surface area contributed by atoms with Gasteiger partial charge in [0.2, 0.25) is 5.91 Å². The molecule has 0 aliphatic heterocycles. The van der Waals surface area contributed by atoms with Crippen molar-refractivity contribution in [3.8, 4) is 11.4 Å². The van der Waals surface area contributed by atoms with Crippen molar-refractivity contribution >= 4 is 34.3 Å². The SMILES string of the molecule is O=C(CSc1nc2ccccc2c(=O)n1-c1ccc(F)cc1F)Nc1ccc(OC(F)F)cc1. The van der Waals surface area contributed by atoms with E-state index in [1.165, 1.54) is 30.3 Å². The Morgan fingerprint density at radius 3 is 2.50 bits per heavy atom. The minimum Gasteiger partial charge on any atom is -0.435 e. The van der Waals surface area contributed by atoms with Gasteiger partial charge in [0.1, 0.15) is 17.4 Å². The fraction of sp³-hybridized carbons (Fsp3) is 0.0870. The number of aromatic nitrogens is 2. The van der Waals surface area contributed by atoms with Crippen molar-refractivity contribution in [1.82, 2.24) is 9.55 Å². The molecule has 0 bridgehead atoms. The zero-order chi connectivity index (χ0) is 24.2. The maximum atomic E-state index is 14.5. The minimum atomic E-state index is -2.96. The van der Waals surface area contributed by atoms with E-state index in [1.54, 1.807) is 18.2 Å². The molecule has 3 aromatic carbocycles. The van der Waals surface area contributed by atoms with Crippen LogP contribution >= 0.6 is 11.8 Å². The van der Waals surface area contributed by atoms with Crippen molar-refractivity contribution in [3.05, 3.63) is 88.7 Å². The third kappa shape index (κ3) is 5.20. The van der Waals surface area contributed by atoms with E-state index in [-0.39, 0.29) is 27.7 Å².